The lowest BCUT2D eigenvalue weighted by atomic mass is 10.3. The molecule has 0 aromatic heterocycles. The average Bonchev–Trinajstić information content (AvgIpc) is 2.65. The van der Waals surface area contributed by atoms with E-state index in [2.05, 4.69) is 0 Å². The minimum atomic E-state index is -5.49. The molecule has 0 saturated heterocycles. The zero-order valence-electron chi connectivity index (χ0n) is 6.76. The van der Waals surface area contributed by atoms with Crippen LogP contribution in [0.5, 0.6) is 0 Å². The van der Waals surface area contributed by atoms with Gasteiger partial charge in [0.2, 0.25) is 5.91 Å². The van der Waals surface area contributed by atoms with Crippen LogP contribution in [0.1, 0.15) is 12.8 Å². The van der Waals surface area contributed by atoms with E-state index in [0.29, 0.717) is 0 Å². The standard InChI is InChI=1S/C5H7F3N2O3S/c6-5(7,8)14(12,13)10-4(1-2-4)3(9)11/h10H,1-2H2,(H2,9,11). The summed E-state index contributed by atoms with van der Waals surface area (Å²) in [5.74, 6) is -1.09. The van der Waals surface area contributed by atoms with E-state index < -0.39 is 27.0 Å². The predicted octanol–water partition coefficient (Wildman–Crippen LogP) is -0.557. The molecule has 9 heteroatoms. The van der Waals surface area contributed by atoms with Crippen molar-refractivity contribution in [3.05, 3.63) is 0 Å². The fourth-order valence-corrected chi connectivity index (χ4v) is 1.77. The molecule has 1 amide bonds. The van der Waals surface area contributed by atoms with Crippen molar-refractivity contribution in [2.24, 2.45) is 5.73 Å². The Hall–Kier alpha value is -0.830. The molecule has 0 unspecified atom stereocenters. The van der Waals surface area contributed by atoms with Gasteiger partial charge in [-0.3, -0.25) is 4.79 Å². The summed E-state index contributed by atoms with van der Waals surface area (Å²) in [6, 6.07) is 0. The molecule has 0 aromatic rings. The van der Waals surface area contributed by atoms with Crippen LogP contribution in [0, 0.1) is 0 Å². The molecular formula is C5H7F3N2O3S. The van der Waals surface area contributed by atoms with Crippen molar-refractivity contribution in [2.75, 3.05) is 0 Å². The Morgan fingerprint density at radius 3 is 2.00 bits per heavy atom. The quantitative estimate of drug-likeness (QED) is 0.683. The molecule has 0 aromatic carbocycles. The Morgan fingerprint density at radius 2 is 1.79 bits per heavy atom. The summed E-state index contributed by atoms with van der Waals surface area (Å²) in [4.78, 5) is 10.6. The van der Waals surface area contributed by atoms with E-state index in [1.54, 1.807) is 0 Å². The normalized spacial score (nSPS) is 20.5. The van der Waals surface area contributed by atoms with Gasteiger partial charge in [-0.05, 0) is 12.8 Å². The summed E-state index contributed by atoms with van der Waals surface area (Å²) >= 11 is 0. The molecule has 0 radical (unpaired) electrons. The highest BCUT2D eigenvalue weighted by atomic mass is 32.2. The molecular weight excluding hydrogens is 225 g/mol. The van der Waals surface area contributed by atoms with E-state index in [1.165, 1.54) is 4.72 Å². The number of nitrogens with two attached hydrogens (primary N) is 1. The molecule has 1 saturated carbocycles. The minimum Gasteiger partial charge on any atom is -0.368 e. The highest BCUT2D eigenvalue weighted by Gasteiger charge is 2.57. The number of carbonyl (C=O) groups is 1. The number of nitrogens with one attached hydrogen (secondary N) is 1. The Balaban J connectivity index is 2.85. The van der Waals surface area contributed by atoms with Crippen LogP contribution in [0.3, 0.4) is 0 Å². The third-order valence-electron chi connectivity index (χ3n) is 1.86. The van der Waals surface area contributed by atoms with Crippen molar-refractivity contribution in [1.82, 2.24) is 4.72 Å². The second-order valence-electron chi connectivity index (χ2n) is 3.00. The minimum absolute atomic E-state index is 0.00234. The fraction of sp³-hybridized carbons (Fsp3) is 0.800. The van der Waals surface area contributed by atoms with Crippen LogP contribution in [-0.2, 0) is 14.8 Å². The zero-order chi connectivity index (χ0) is 11.2. The van der Waals surface area contributed by atoms with Crippen molar-refractivity contribution in [3.63, 3.8) is 0 Å². The number of hydrogen-bond donors (Lipinski definition) is 2. The number of hydrogen-bond acceptors (Lipinski definition) is 3. The summed E-state index contributed by atoms with van der Waals surface area (Å²) in [5.41, 5.74) is -2.40. The first kappa shape index (κ1) is 11.2. The van der Waals surface area contributed by atoms with E-state index in [4.69, 9.17) is 5.73 Å². The van der Waals surface area contributed by atoms with Crippen LogP contribution in [0.4, 0.5) is 13.2 Å². The molecule has 5 nitrogen and oxygen atoms in total. The lowest BCUT2D eigenvalue weighted by Crippen LogP contribution is -2.50. The van der Waals surface area contributed by atoms with Crippen molar-refractivity contribution in [1.29, 1.82) is 0 Å². The van der Waals surface area contributed by atoms with Gasteiger partial charge in [0.1, 0.15) is 5.54 Å². The summed E-state index contributed by atoms with van der Waals surface area (Å²) in [6.07, 6.45) is -0.00468. The van der Waals surface area contributed by atoms with Crippen molar-refractivity contribution in [2.45, 2.75) is 23.9 Å². The summed E-state index contributed by atoms with van der Waals surface area (Å²) in [6.45, 7) is 0. The predicted molar refractivity (Wildman–Crippen MR) is 39.3 cm³/mol. The number of halogens is 3. The molecule has 1 fully saturated rings. The second kappa shape index (κ2) is 2.83. The lowest BCUT2D eigenvalue weighted by molar-refractivity contribution is -0.120. The molecule has 0 spiro atoms. The monoisotopic (exact) mass is 232 g/mol. The summed E-state index contributed by atoms with van der Waals surface area (Å²) in [5, 5.41) is 0. The molecule has 1 rings (SSSR count). The Labute approximate surface area is 77.5 Å². The first-order chi connectivity index (χ1) is 6.11. The Bertz CT molecular complexity index is 357. The molecule has 0 bridgehead atoms. The maximum absolute atomic E-state index is 11.9. The van der Waals surface area contributed by atoms with Gasteiger partial charge >= 0.3 is 15.5 Å². The van der Waals surface area contributed by atoms with Gasteiger partial charge in [-0.2, -0.15) is 17.9 Å². The van der Waals surface area contributed by atoms with Gasteiger partial charge in [-0.1, -0.05) is 0 Å². The van der Waals surface area contributed by atoms with Gasteiger partial charge in [-0.25, -0.2) is 8.42 Å². The average molecular weight is 232 g/mol. The van der Waals surface area contributed by atoms with Crippen molar-refractivity contribution >= 4 is 15.9 Å². The number of sulfonamides is 1. The Kier molecular flexibility index (Phi) is 2.27. The van der Waals surface area contributed by atoms with E-state index in [0.717, 1.165) is 0 Å². The smallest absolute Gasteiger partial charge is 0.368 e. The SMILES string of the molecule is NC(=O)C1(NS(=O)(=O)C(F)(F)F)CC1. The van der Waals surface area contributed by atoms with E-state index in [1.807, 2.05) is 0 Å². The van der Waals surface area contributed by atoms with Crippen LogP contribution in [0.25, 0.3) is 0 Å². The second-order valence-corrected chi connectivity index (χ2v) is 4.67. The van der Waals surface area contributed by atoms with Crippen molar-refractivity contribution < 1.29 is 26.4 Å². The van der Waals surface area contributed by atoms with Gasteiger partial charge in [0.25, 0.3) is 0 Å². The van der Waals surface area contributed by atoms with Crippen LogP contribution in [0.15, 0.2) is 0 Å². The first-order valence-corrected chi connectivity index (χ1v) is 4.99. The van der Waals surface area contributed by atoms with Crippen LogP contribution < -0.4 is 10.5 Å². The third-order valence-corrected chi connectivity index (χ3v) is 3.12. The highest BCUT2D eigenvalue weighted by molar-refractivity contribution is 7.90. The zero-order valence-corrected chi connectivity index (χ0v) is 7.57. The number of primary amides is 1. The molecule has 0 aliphatic heterocycles. The molecule has 3 N–H and O–H groups in total. The van der Waals surface area contributed by atoms with E-state index in [9.17, 15) is 26.4 Å². The lowest BCUT2D eigenvalue weighted by Gasteiger charge is -2.15. The van der Waals surface area contributed by atoms with Gasteiger partial charge in [0, 0.05) is 0 Å². The molecule has 14 heavy (non-hydrogen) atoms. The summed E-state index contributed by atoms with van der Waals surface area (Å²) in [7, 11) is -5.49. The number of alkyl halides is 3. The molecule has 0 heterocycles. The molecule has 1 aliphatic rings. The van der Waals surface area contributed by atoms with Crippen LogP contribution in [0.2, 0.25) is 0 Å². The number of rotatable bonds is 3. The maximum Gasteiger partial charge on any atom is 0.511 e. The summed E-state index contributed by atoms with van der Waals surface area (Å²) < 4.78 is 57.9. The number of amides is 1. The highest BCUT2D eigenvalue weighted by Crippen LogP contribution is 2.37. The maximum atomic E-state index is 11.9. The third kappa shape index (κ3) is 1.82. The molecule has 1 aliphatic carbocycles. The van der Waals surface area contributed by atoms with Gasteiger partial charge < -0.3 is 5.73 Å². The first-order valence-electron chi connectivity index (χ1n) is 3.51. The largest absolute Gasteiger partial charge is 0.511 e. The van der Waals surface area contributed by atoms with E-state index in [-0.39, 0.29) is 12.8 Å². The van der Waals surface area contributed by atoms with Gasteiger partial charge in [0.05, 0.1) is 0 Å². The van der Waals surface area contributed by atoms with Crippen molar-refractivity contribution in [3.8, 4) is 0 Å². The van der Waals surface area contributed by atoms with Gasteiger partial charge in [-0.15, -0.1) is 0 Å². The number of carbonyl (C=O) groups excluding carboxylic acids is 1. The topological polar surface area (TPSA) is 89.3 Å². The fourth-order valence-electron chi connectivity index (χ4n) is 0.839. The molecule has 82 valence electrons. The Morgan fingerprint density at radius 1 is 1.36 bits per heavy atom. The molecule has 0 atom stereocenters. The van der Waals surface area contributed by atoms with Crippen LogP contribution in [-0.4, -0.2) is 25.4 Å². The van der Waals surface area contributed by atoms with Crippen LogP contribution >= 0.6 is 0 Å². The van der Waals surface area contributed by atoms with E-state index >= 15 is 0 Å². The van der Waals surface area contributed by atoms with Gasteiger partial charge in [0.15, 0.2) is 0 Å².